The van der Waals surface area contributed by atoms with Crippen molar-refractivity contribution < 1.29 is 10.0 Å². The van der Waals surface area contributed by atoms with Crippen molar-refractivity contribution in [2.24, 2.45) is 0 Å². The van der Waals surface area contributed by atoms with Gasteiger partial charge in [0.1, 0.15) is 5.75 Å². The van der Waals surface area contributed by atoms with Gasteiger partial charge in [-0.1, -0.05) is 112 Å². The van der Waals surface area contributed by atoms with Crippen molar-refractivity contribution in [3.63, 3.8) is 0 Å². The number of phenols is 1. The van der Waals surface area contributed by atoms with Crippen molar-refractivity contribution in [3.8, 4) is 5.75 Å². The number of hydrogen-bond acceptors (Lipinski definition) is 4. The SMILES string of the molecule is C=C(/C=C/C=C1/N(C)c2c(ccc3ccccc23)C1(C)C)C(C)(Cc1cc([N+](=O)[O-])ccc1O)c1c(C)ccc2ccccc12. The van der Waals surface area contributed by atoms with Gasteiger partial charge in [0.15, 0.2) is 0 Å². The van der Waals surface area contributed by atoms with Crippen LogP contribution in [-0.4, -0.2) is 17.1 Å². The Morgan fingerprint density at radius 1 is 0.978 bits per heavy atom. The zero-order valence-electron chi connectivity index (χ0n) is 26.5. The number of non-ortho nitro benzene ring substituents is 1. The van der Waals surface area contributed by atoms with Gasteiger partial charge in [-0.2, -0.15) is 0 Å². The summed E-state index contributed by atoms with van der Waals surface area (Å²) < 4.78 is 0. The number of allylic oxidation sites excluding steroid dienone is 5. The van der Waals surface area contributed by atoms with Crippen molar-refractivity contribution in [2.75, 3.05) is 11.9 Å². The molecular weight excluding hydrogens is 556 g/mol. The highest BCUT2D eigenvalue weighted by Crippen LogP contribution is 2.50. The van der Waals surface area contributed by atoms with Crippen molar-refractivity contribution in [3.05, 3.63) is 159 Å². The molecule has 6 rings (SSSR count). The highest BCUT2D eigenvalue weighted by Gasteiger charge is 2.39. The van der Waals surface area contributed by atoms with Crippen LogP contribution < -0.4 is 4.90 Å². The molecule has 5 nitrogen and oxygen atoms in total. The molecule has 0 aromatic heterocycles. The number of nitrogens with zero attached hydrogens (tertiary/aromatic N) is 2. The second-order valence-corrected chi connectivity index (χ2v) is 12.9. The second kappa shape index (κ2) is 11.1. The Balaban J connectivity index is 1.45. The molecule has 0 amide bonds. The summed E-state index contributed by atoms with van der Waals surface area (Å²) in [5.74, 6) is 0.0305. The highest BCUT2D eigenvalue weighted by atomic mass is 16.6. The average Bonchev–Trinajstić information content (AvgIpc) is 3.22. The molecule has 5 heteroatoms. The first kappa shape index (κ1) is 29.9. The van der Waals surface area contributed by atoms with Crippen LogP contribution in [0.1, 0.15) is 43.0 Å². The van der Waals surface area contributed by atoms with E-state index in [9.17, 15) is 15.2 Å². The second-order valence-electron chi connectivity index (χ2n) is 12.9. The van der Waals surface area contributed by atoms with Crippen molar-refractivity contribution in [2.45, 2.75) is 44.9 Å². The number of nitro benzene ring substituents is 1. The molecule has 1 unspecified atom stereocenters. The predicted octanol–water partition coefficient (Wildman–Crippen LogP) is 9.84. The van der Waals surface area contributed by atoms with Gasteiger partial charge in [-0.05, 0) is 63.9 Å². The topological polar surface area (TPSA) is 66.6 Å². The molecule has 5 aromatic carbocycles. The van der Waals surface area contributed by atoms with Crippen LogP contribution in [0.15, 0.2) is 127 Å². The summed E-state index contributed by atoms with van der Waals surface area (Å²) in [6, 6.07) is 29.6. The Labute approximate surface area is 264 Å². The van der Waals surface area contributed by atoms with Gasteiger partial charge in [0.05, 0.1) is 10.6 Å². The predicted molar refractivity (Wildman–Crippen MR) is 186 cm³/mol. The number of fused-ring (bicyclic) bond motifs is 4. The molecule has 0 spiro atoms. The van der Waals surface area contributed by atoms with Gasteiger partial charge >= 0.3 is 0 Å². The Bertz CT molecular complexity index is 2070. The third-order valence-corrected chi connectivity index (χ3v) is 9.68. The minimum absolute atomic E-state index is 0.0305. The van der Waals surface area contributed by atoms with E-state index in [4.69, 9.17) is 0 Å². The van der Waals surface area contributed by atoms with Crippen LogP contribution >= 0.6 is 0 Å². The fourth-order valence-corrected chi connectivity index (χ4v) is 7.24. The van der Waals surface area contributed by atoms with E-state index in [-0.39, 0.29) is 16.9 Å². The maximum Gasteiger partial charge on any atom is 0.269 e. The monoisotopic (exact) mass is 594 g/mol. The maximum absolute atomic E-state index is 11.6. The molecule has 1 N–H and O–H groups in total. The van der Waals surface area contributed by atoms with Gasteiger partial charge in [-0.25, -0.2) is 0 Å². The molecule has 0 radical (unpaired) electrons. The maximum atomic E-state index is 11.6. The van der Waals surface area contributed by atoms with E-state index in [2.05, 4.69) is 119 Å². The van der Waals surface area contributed by atoms with Gasteiger partial charge in [0, 0.05) is 46.7 Å². The lowest BCUT2D eigenvalue weighted by molar-refractivity contribution is -0.384. The number of phenolic OH excluding ortho intramolecular Hbond substituents is 1. The number of benzene rings is 5. The van der Waals surface area contributed by atoms with Crippen LogP contribution in [0.5, 0.6) is 5.75 Å². The smallest absolute Gasteiger partial charge is 0.269 e. The van der Waals surface area contributed by atoms with E-state index in [1.54, 1.807) is 0 Å². The highest BCUT2D eigenvalue weighted by molar-refractivity contribution is 5.99. The molecule has 1 aliphatic rings. The van der Waals surface area contributed by atoms with Crippen molar-refractivity contribution >= 4 is 32.9 Å². The Morgan fingerprint density at radius 2 is 1.62 bits per heavy atom. The number of aryl methyl sites for hydroxylation is 1. The van der Waals surface area contributed by atoms with Crippen LogP contribution in [0.3, 0.4) is 0 Å². The minimum Gasteiger partial charge on any atom is -0.508 e. The Morgan fingerprint density at radius 3 is 2.33 bits per heavy atom. The summed E-state index contributed by atoms with van der Waals surface area (Å²) in [4.78, 5) is 13.5. The van der Waals surface area contributed by atoms with E-state index >= 15 is 0 Å². The van der Waals surface area contributed by atoms with Crippen LogP contribution in [0.25, 0.3) is 21.5 Å². The zero-order valence-corrected chi connectivity index (χ0v) is 26.5. The van der Waals surface area contributed by atoms with E-state index in [0.717, 1.165) is 27.5 Å². The van der Waals surface area contributed by atoms with Crippen LogP contribution in [-0.2, 0) is 17.3 Å². The minimum atomic E-state index is -0.692. The van der Waals surface area contributed by atoms with E-state index < -0.39 is 10.3 Å². The Hall–Kier alpha value is -5.16. The number of anilines is 1. The summed E-state index contributed by atoms with van der Waals surface area (Å²) >= 11 is 0. The molecule has 1 heterocycles. The fraction of sp³-hybridized carbons (Fsp3) is 0.200. The lowest BCUT2D eigenvalue weighted by Crippen LogP contribution is -2.28. The molecule has 1 aliphatic heterocycles. The number of rotatable bonds is 7. The van der Waals surface area contributed by atoms with E-state index in [1.165, 1.54) is 45.9 Å². The van der Waals surface area contributed by atoms with E-state index in [0.29, 0.717) is 12.0 Å². The first-order valence-electron chi connectivity index (χ1n) is 15.2. The average molecular weight is 595 g/mol. The molecule has 5 aromatic rings. The number of likely N-dealkylation sites (N-methyl/N-ethyl adjacent to an activating group) is 1. The Kier molecular flexibility index (Phi) is 7.36. The number of nitro groups is 1. The molecule has 0 bridgehead atoms. The summed E-state index contributed by atoms with van der Waals surface area (Å²) in [5, 5.41) is 27.2. The molecule has 0 fully saturated rings. The van der Waals surface area contributed by atoms with E-state index in [1.807, 2.05) is 18.2 Å². The molecule has 226 valence electrons. The third-order valence-electron chi connectivity index (χ3n) is 9.68. The largest absolute Gasteiger partial charge is 0.508 e. The third kappa shape index (κ3) is 4.98. The molecule has 1 atom stereocenters. The summed E-state index contributed by atoms with van der Waals surface area (Å²) in [7, 11) is 2.13. The zero-order chi connectivity index (χ0) is 32.1. The molecular formula is C40H38N2O3. The van der Waals surface area contributed by atoms with Gasteiger partial charge in [-0.15, -0.1) is 0 Å². The lowest BCUT2D eigenvalue weighted by Gasteiger charge is -2.34. The van der Waals surface area contributed by atoms with Gasteiger partial charge in [-0.3, -0.25) is 10.1 Å². The quantitative estimate of drug-likeness (QED) is 0.116. The normalized spacial score (nSPS) is 16.4. The van der Waals surface area contributed by atoms with Crippen LogP contribution in [0.4, 0.5) is 11.4 Å². The first-order valence-corrected chi connectivity index (χ1v) is 15.2. The number of aromatic hydroxyl groups is 1. The molecule has 0 saturated heterocycles. The van der Waals surface area contributed by atoms with Crippen molar-refractivity contribution in [1.82, 2.24) is 0 Å². The van der Waals surface area contributed by atoms with Gasteiger partial charge < -0.3 is 10.0 Å². The van der Waals surface area contributed by atoms with Crippen LogP contribution in [0, 0.1) is 17.0 Å². The van der Waals surface area contributed by atoms with Gasteiger partial charge in [0.25, 0.3) is 5.69 Å². The molecule has 45 heavy (non-hydrogen) atoms. The standard InChI is InChI=1S/C40H38N2O3/c1-26-18-19-28-13-7-9-15-32(28)37(26)40(5,25-30-24-31(42(44)45)21-23-35(30)43)27(2)12-11-17-36-39(3,4)34-22-20-29-14-8-10-16-33(29)38(34)41(36)6/h7-24,43H,2,25H2,1,3-6H3/b12-11+,36-17+. The van der Waals surface area contributed by atoms with Crippen LogP contribution in [0.2, 0.25) is 0 Å². The summed E-state index contributed by atoms with van der Waals surface area (Å²) in [6.45, 7) is 13.3. The summed E-state index contributed by atoms with van der Waals surface area (Å²) in [6.07, 6.45) is 6.61. The molecule has 0 aliphatic carbocycles. The first-order chi connectivity index (χ1) is 21.4. The van der Waals surface area contributed by atoms with Crippen molar-refractivity contribution in [1.29, 1.82) is 0 Å². The molecule has 0 saturated carbocycles. The summed E-state index contributed by atoms with van der Waals surface area (Å²) in [5.41, 5.74) is 6.28. The van der Waals surface area contributed by atoms with Gasteiger partial charge in [0.2, 0.25) is 0 Å². The number of hydrogen-bond donors (Lipinski definition) is 1. The fourth-order valence-electron chi connectivity index (χ4n) is 7.24. The lowest BCUT2D eigenvalue weighted by atomic mass is 9.69.